The number of hydrogen-bond donors (Lipinski definition) is 0. The van der Waals surface area contributed by atoms with E-state index in [1.54, 1.807) is 11.4 Å². The maximum Gasteiger partial charge on any atom is 0.263 e. The van der Waals surface area contributed by atoms with E-state index in [4.69, 9.17) is 0 Å². The predicted molar refractivity (Wildman–Crippen MR) is 72.1 cm³/mol. The highest BCUT2D eigenvalue weighted by atomic mass is 79.9. The van der Waals surface area contributed by atoms with E-state index < -0.39 is 10.0 Å². The van der Waals surface area contributed by atoms with Gasteiger partial charge in [-0.1, -0.05) is 5.21 Å². The van der Waals surface area contributed by atoms with Crippen LogP contribution in [0.1, 0.15) is 12.8 Å². The van der Waals surface area contributed by atoms with Gasteiger partial charge in [-0.25, -0.2) is 13.1 Å². The number of halogens is 1. The molecule has 0 N–H and O–H groups in total. The molecule has 1 unspecified atom stereocenters. The van der Waals surface area contributed by atoms with E-state index >= 15 is 0 Å². The summed E-state index contributed by atoms with van der Waals surface area (Å²) in [5, 5.41) is 7.64. The van der Waals surface area contributed by atoms with Crippen LogP contribution in [0.3, 0.4) is 0 Å². The van der Waals surface area contributed by atoms with Gasteiger partial charge in [0.05, 0.1) is 0 Å². The highest BCUT2D eigenvalue weighted by molar-refractivity contribution is 9.10. The topological polar surface area (TPSA) is 71.3 Å². The van der Waals surface area contributed by atoms with Crippen LogP contribution in [0.4, 0.5) is 0 Å². The SMILES string of the molecule is Cn1nnc(Br)c1S(=O)(=O)N1CCN2CCCC2C1. The highest BCUT2D eigenvalue weighted by Gasteiger charge is 2.38. The summed E-state index contributed by atoms with van der Waals surface area (Å²) < 4.78 is 28.5. The van der Waals surface area contributed by atoms with Crippen molar-refractivity contribution >= 4 is 26.0 Å². The molecule has 3 rings (SSSR count). The van der Waals surface area contributed by atoms with Gasteiger partial charge in [-0.15, -0.1) is 5.10 Å². The molecule has 0 aromatic carbocycles. The minimum atomic E-state index is -3.52. The van der Waals surface area contributed by atoms with Crippen molar-refractivity contribution in [3.05, 3.63) is 4.60 Å². The Morgan fingerprint density at radius 2 is 2.11 bits per heavy atom. The van der Waals surface area contributed by atoms with Gasteiger partial charge in [0, 0.05) is 32.7 Å². The fraction of sp³-hybridized carbons (Fsp3) is 0.800. The first kappa shape index (κ1) is 13.5. The number of fused-ring (bicyclic) bond motifs is 1. The van der Waals surface area contributed by atoms with Crippen molar-refractivity contribution in [2.24, 2.45) is 7.05 Å². The normalized spacial score (nSPS) is 25.7. The number of aromatic nitrogens is 3. The molecule has 0 amide bonds. The molecule has 7 nitrogen and oxygen atoms in total. The smallest absolute Gasteiger partial charge is 0.263 e. The number of piperazine rings is 1. The number of rotatable bonds is 2. The van der Waals surface area contributed by atoms with Crippen LogP contribution in [0.15, 0.2) is 9.63 Å². The summed E-state index contributed by atoms with van der Waals surface area (Å²) in [4.78, 5) is 2.38. The molecule has 0 aliphatic carbocycles. The number of sulfonamides is 1. The quantitative estimate of drug-likeness (QED) is 0.754. The summed E-state index contributed by atoms with van der Waals surface area (Å²) in [6, 6.07) is 0.364. The molecular weight excluding hydrogens is 334 g/mol. The second-order valence-corrected chi connectivity index (χ2v) is 7.61. The lowest BCUT2D eigenvalue weighted by Crippen LogP contribution is -2.52. The van der Waals surface area contributed by atoms with Crippen molar-refractivity contribution in [3.63, 3.8) is 0 Å². The van der Waals surface area contributed by atoms with Gasteiger partial charge in [0.25, 0.3) is 10.0 Å². The van der Waals surface area contributed by atoms with Crippen LogP contribution in [0.25, 0.3) is 0 Å². The first-order valence-corrected chi connectivity index (χ1v) is 8.53. The van der Waals surface area contributed by atoms with Crippen LogP contribution >= 0.6 is 15.9 Å². The maximum absolute atomic E-state index is 12.7. The second kappa shape index (κ2) is 4.80. The first-order chi connectivity index (χ1) is 9.00. The molecule has 19 heavy (non-hydrogen) atoms. The second-order valence-electron chi connectivity index (χ2n) is 5.00. The van der Waals surface area contributed by atoms with E-state index in [0.29, 0.717) is 19.1 Å². The summed E-state index contributed by atoms with van der Waals surface area (Å²) >= 11 is 3.17. The minimum Gasteiger partial charge on any atom is -0.298 e. The summed E-state index contributed by atoms with van der Waals surface area (Å²) in [5.74, 6) is 0. The van der Waals surface area contributed by atoms with Crippen molar-refractivity contribution in [1.29, 1.82) is 0 Å². The molecule has 0 bridgehead atoms. The van der Waals surface area contributed by atoms with Crippen LogP contribution < -0.4 is 0 Å². The first-order valence-electron chi connectivity index (χ1n) is 6.29. The van der Waals surface area contributed by atoms with E-state index in [1.165, 1.54) is 4.68 Å². The van der Waals surface area contributed by atoms with Crippen LogP contribution in [-0.2, 0) is 17.1 Å². The van der Waals surface area contributed by atoms with Gasteiger partial charge in [0.2, 0.25) is 5.03 Å². The Morgan fingerprint density at radius 1 is 1.32 bits per heavy atom. The average Bonchev–Trinajstić information content (AvgIpc) is 2.95. The fourth-order valence-electron chi connectivity index (χ4n) is 2.90. The molecule has 2 aliphatic heterocycles. The fourth-order valence-corrected chi connectivity index (χ4v) is 5.40. The Kier molecular flexibility index (Phi) is 3.40. The van der Waals surface area contributed by atoms with E-state index in [9.17, 15) is 8.42 Å². The zero-order valence-corrected chi connectivity index (χ0v) is 13.1. The monoisotopic (exact) mass is 349 g/mol. The highest BCUT2D eigenvalue weighted by Crippen LogP contribution is 2.27. The lowest BCUT2D eigenvalue weighted by atomic mass is 10.2. The Hall–Kier alpha value is -0.510. The van der Waals surface area contributed by atoms with Crippen molar-refractivity contribution < 1.29 is 8.42 Å². The molecule has 1 atom stereocenters. The van der Waals surface area contributed by atoms with Crippen molar-refractivity contribution in [2.45, 2.75) is 23.9 Å². The Labute approximate surface area is 120 Å². The molecule has 1 aromatic heterocycles. The Balaban J connectivity index is 1.89. The average molecular weight is 350 g/mol. The van der Waals surface area contributed by atoms with Crippen molar-refractivity contribution in [2.75, 3.05) is 26.2 Å². The van der Waals surface area contributed by atoms with Crippen molar-refractivity contribution in [3.8, 4) is 0 Å². The zero-order chi connectivity index (χ0) is 13.6. The van der Waals surface area contributed by atoms with Gasteiger partial charge in [-0.05, 0) is 35.3 Å². The molecular formula is C10H16BrN5O2S. The van der Waals surface area contributed by atoms with Crippen molar-refractivity contribution in [1.82, 2.24) is 24.2 Å². The van der Waals surface area contributed by atoms with Gasteiger partial charge >= 0.3 is 0 Å². The van der Waals surface area contributed by atoms with Gasteiger partial charge < -0.3 is 0 Å². The molecule has 3 heterocycles. The van der Waals surface area contributed by atoms with E-state index in [1.807, 2.05) is 0 Å². The third kappa shape index (κ3) is 2.22. The number of nitrogens with zero attached hydrogens (tertiary/aromatic N) is 5. The van der Waals surface area contributed by atoms with E-state index in [0.717, 1.165) is 25.9 Å². The number of hydrogen-bond acceptors (Lipinski definition) is 5. The molecule has 106 valence electrons. The predicted octanol–water partition coefficient (Wildman–Crippen LogP) is 0.0463. The third-order valence-corrected chi connectivity index (χ3v) is 6.63. The molecule has 2 fully saturated rings. The molecule has 1 aromatic rings. The van der Waals surface area contributed by atoms with Gasteiger partial charge in [-0.3, -0.25) is 4.90 Å². The molecule has 0 saturated carbocycles. The standard InChI is InChI=1S/C10H16BrN5O2S/c1-14-10(9(11)12-13-14)19(17,18)16-6-5-15-4-2-3-8(15)7-16/h8H,2-7H2,1H3. The lowest BCUT2D eigenvalue weighted by Gasteiger charge is -2.36. The van der Waals surface area contributed by atoms with Gasteiger partial charge in [0.1, 0.15) is 0 Å². The molecule has 2 saturated heterocycles. The Bertz CT molecular complexity index is 567. The molecule has 0 spiro atoms. The van der Waals surface area contributed by atoms with Crippen LogP contribution in [-0.4, -0.2) is 64.8 Å². The molecule has 2 aliphatic rings. The maximum atomic E-state index is 12.7. The lowest BCUT2D eigenvalue weighted by molar-refractivity contribution is 0.158. The van der Waals surface area contributed by atoms with E-state index in [-0.39, 0.29) is 9.63 Å². The van der Waals surface area contributed by atoms with Crippen LogP contribution in [0, 0.1) is 0 Å². The van der Waals surface area contributed by atoms with Gasteiger partial charge in [0.15, 0.2) is 4.60 Å². The minimum absolute atomic E-state index is 0.138. The third-order valence-electron chi connectivity index (χ3n) is 3.87. The number of aryl methyl sites for hydroxylation is 1. The zero-order valence-electron chi connectivity index (χ0n) is 10.7. The largest absolute Gasteiger partial charge is 0.298 e. The molecule has 9 heteroatoms. The van der Waals surface area contributed by atoms with Gasteiger partial charge in [-0.2, -0.15) is 4.31 Å². The summed E-state index contributed by atoms with van der Waals surface area (Å²) in [6.45, 7) is 3.01. The summed E-state index contributed by atoms with van der Waals surface area (Å²) in [7, 11) is -1.93. The Morgan fingerprint density at radius 3 is 2.79 bits per heavy atom. The molecule has 0 radical (unpaired) electrons. The van der Waals surface area contributed by atoms with Crippen LogP contribution in [0.5, 0.6) is 0 Å². The van der Waals surface area contributed by atoms with Crippen LogP contribution in [0.2, 0.25) is 0 Å². The van der Waals surface area contributed by atoms with E-state index in [2.05, 4.69) is 31.1 Å². The summed E-state index contributed by atoms with van der Waals surface area (Å²) in [5.41, 5.74) is 0. The summed E-state index contributed by atoms with van der Waals surface area (Å²) in [6.07, 6.45) is 2.24.